The van der Waals surface area contributed by atoms with E-state index in [0.29, 0.717) is 0 Å². The molecule has 1 N–H and O–H groups in total. The largest absolute Gasteiger partial charge is 0.316 e. The lowest BCUT2D eigenvalue weighted by molar-refractivity contribution is 0.786. The van der Waals surface area contributed by atoms with Gasteiger partial charge in [-0.15, -0.1) is 11.3 Å². The highest BCUT2D eigenvalue weighted by molar-refractivity contribution is 7.09. The van der Waals surface area contributed by atoms with Gasteiger partial charge in [-0.05, 0) is 20.9 Å². The van der Waals surface area contributed by atoms with Crippen molar-refractivity contribution in [1.82, 2.24) is 20.3 Å². The zero-order valence-corrected chi connectivity index (χ0v) is 11.1. The zero-order chi connectivity index (χ0) is 12.3. The Morgan fingerprint density at radius 3 is 2.71 bits per heavy atom. The number of nitrogens with zero attached hydrogens (tertiary/aromatic N) is 3. The van der Waals surface area contributed by atoms with Gasteiger partial charge in [-0.1, -0.05) is 0 Å². The molecule has 2 rings (SSSR count). The molecule has 2 aromatic heterocycles. The molecule has 0 aliphatic heterocycles. The molecule has 0 atom stereocenters. The van der Waals surface area contributed by atoms with Crippen LogP contribution < -0.4 is 5.32 Å². The topological polar surface area (TPSA) is 50.7 Å². The number of aromatic nitrogens is 3. The summed E-state index contributed by atoms with van der Waals surface area (Å²) in [4.78, 5) is 13.3. The molecule has 0 saturated carbocycles. The Morgan fingerprint density at radius 2 is 2.12 bits per heavy atom. The third kappa shape index (κ3) is 3.08. The fraction of sp³-hybridized carbons (Fsp3) is 0.417. The van der Waals surface area contributed by atoms with Gasteiger partial charge < -0.3 is 5.32 Å². The summed E-state index contributed by atoms with van der Waals surface area (Å²) >= 11 is 1.66. The first-order chi connectivity index (χ1) is 8.19. The zero-order valence-electron chi connectivity index (χ0n) is 10.3. The maximum absolute atomic E-state index is 4.51. The molecule has 0 amide bonds. The highest BCUT2D eigenvalue weighted by Gasteiger charge is 2.06. The van der Waals surface area contributed by atoms with E-state index in [0.717, 1.165) is 40.7 Å². The standard InChI is InChI=1S/C12H16N4S/c1-8-7-17-12(15-8)4-11-14-6-10(5-13-3)9(2)16-11/h6-7,13H,4-5H2,1-3H3. The van der Waals surface area contributed by atoms with Gasteiger partial charge in [0.25, 0.3) is 0 Å². The fourth-order valence-electron chi connectivity index (χ4n) is 1.61. The summed E-state index contributed by atoms with van der Waals surface area (Å²) in [6.45, 7) is 4.83. The molecular formula is C12H16N4S. The Hall–Kier alpha value is -1.33. The maximum Gasteiger partial charge on any atom is 0.135 e. The lowest BCUT2D eigenvalue weighted by Gasteiger charge is -2.05. The van der Waals surface area contributed by atoms with Crippen LogP contribution in [0.15, 0.2) is 11.6 Å². The smallest absolute Gasteiger partial charge is 0.135 e. The maximum atomic E-state index is 4.51. The molecule has 0 aliphatic rings. The summed E-state index contributed by atoms with van der Waals surface area (Å²) in [5.41, 5.74) is 3.25. The van der Waals surface area contributed by atoms with Gasteiger partial charge in [0.15, 0.2) is 0 Å². The molecule has 0 radical (unpaired) electrons. The highest BCUT2D eigenvalue weighted by Crippen LogP contribution is 2.13. The number of hydrogen-bond acceptors (Lipinski definition) is 5. The fourth-order valence-corrected chi connectivity index (χ4v) is 2.38. The van der Waals surface area contributed by atoms with Crippen LogP contribution in [0.3, 0.4) is 0 Å². The van der Waals surface area contributed by atoms with E-state index in [1.165, 1.54) is 0 Å². The summed E-state index contributed by atoms with van der Waals surface area (Å²) in [5.74, 6) is 0.844. The molecule has 0 bridgehead atoms. The third-order valence-electron chi connectivity index (χ3n) is 2.47. The first-order valence-corrected chi connectivity index (χ1v) is 6.44. The lowest BCUT2D eigenvalue weighted by atomic mass is 10.2. The number of thiazole rings is 1. The van der Waals surface area contributed by atoms with Crippen molar-refractivity contribution in [3.63, 3.8) is 0 Å². The Balaban J connectivity index is 2.14. The monoisotopic (exact) mass is 248 g/mol. The van der Waals surface area contributed by atoms with Gasteiger partial charge in [0, 0.05) is 35.1 Å². The van der Waals surface area contributed by atoms with Crippen LogP contribution in [0.5, 0.6) is 0 Å². The van der Waals surface area contributed by atoms with E-state index in [1.807, 2.05) is 27.1 Å². The van der Waals surface area contributed by atoms with Crippen LogP contribution in [0.1, 0.15) is 27.8 Å². The second kappa shape index (κ2) is 5.33. The Morgan fingerprint density at radius 1 is 1.29 bits per heavy atom. The van der Waals surface area contributed by atoms with E-state index in [1.54, 1.807) is 11.3 Å². The number of rotatable bonds is 4. The second-order valence-corrected chi connectivity index (χ2v) is 4.93. The quantitative estimate of drug-likeness (QED) is 0.897. The summed E-state index contributed by atoms with van der Waals surface area (Å²) in [6.07, 6.45) is 2.62. The van der Waals surface area contributed by atoms with Crippen LogP contribution in [0.2, 0.25) is 0 Å². The van der Waals surface area contributed by atoms with Crippen LogP contribution in [-0.2, 0) is 13.0 Å². The Kier molecular flexibility index (Phi) is 3.81. The van der Waals surface area contributed by atoms with E-state index in [-0.39, 0.29) is 0 Å². The van der Waals surface area contributed by atoms with E-state index >= 15 is 0 Å². The molecule has 5 heteroatoms. The van der Waals surface area contributed by atoms with Gasteiger partial charge in [-0.3, -0.25) is 0 Å². The van der Waals surface area contributed by atoms with Crippen molar-refractivity contribution < 1.29 is 0 Å². The van der Waals surface area contributed by atoms with Crippen molar-refractivity contribution in [2.75, 3.05) is 7.05 Å². The number of aryl methyl sites for hydroxylation is 2. The SMILES string of the molecule is CNCc1cnc(Cc2nc(C)cs2)nc1C. The van der Waals surface area contributed by atoms with Gasteiger partial charge in [-0.25, -0.2) is 15.0 Å². The first-order valence-electron chi connectivity index (χ1n) is 5.56. The minimum absolute atomic E-state index is 0.721. The molecular weight excluding hydrogens is 232 g/mol. The van der Waals surface area contributed by atoms with Gasteiger partial charge in [0.1, 0.15) is 10.8 Å². The molecule has 90 valence electrons. The van der Waals surface area contributed by atoms with E-state index in [9.17, 15) is 0 Å². The van der Waals surface area contributed by atoms with Gasteiger partial charge in [0.05, 0.1) is 6.42 Å². The van der Waals surface area contributed by atoms with Crippen LogP contribution in [0.25, 0.3) is 0 Å². The minimum Gasteiger partial charge on any atom is -0.316 e. The second-order valence-electron chi connectivity index (χ2n) is 3.99. The van der Waals surface area contributed by atoms with Gasteiger partial charge in [0.2, 0.25) is 0 Å². The molecule has 0 unspecified atom stereocenters. The summed E-state index contributed by atoms with van der Waals surface area (Å²) in [6, 6.07) is 0. The Bertz CT molecular complexity index is 507. The molecule has 17 heavy (non-hydrogen) atoms. The molecule has 4 nitrogen and oxygen atoms in total. The van der Waals surface area contributed by atoms with Crippen LogP contribution in [0, 0.1) is 13.8 Å². The molecule has 0 aromatic carbocycles. The highest BCUT2D eigenvalue weighted by atomic mass is 32.1. The van der Waals surface area contributed by atoms with Crippen molar-refractivity contribution in [3.8, 4) is 0 Å². The summed E-state index contributed by atoms with van der Waals surface area (Å²) < 4.78 is 0. The van der Waals surface area contributed by atoms with E-state index in [2.05, 4.69) is 25.6 Å². The van der Waals surface area contributed by atoms with E-state index in [4.69, 9.17) is 0 Å². The minimum atomic E-state index is 0.721. The van der Waals surface area contributed by atoms with E-state index < -0.39 is 0 Å². The van der Waals surface area contributed by atoms with Gasteiger partial charge >= 0.3 is 0 Å². The van der Waals surface area contributed by atoms with Crippen LogP contribution >= 0.6 is 11.3 Å². The Labute approximate surface area is 105 Å². The summed E-state index contributed by atoms with van der Waals surface area (Å²) in [7, 11) is 1.92. The number of hydrogen-bond donors (Lipinski definition) is 1. The average Bonchev–Trinajstić information content (AvgIpc) is 2.68. The number of nitrogens with one attached hydrogen (secondary N) is 1. The molecule has 0 aliphatic carbocycles. The molecule has 2 aromatic rings. The van der Waals surface area contributed by atoms with Gasteiger partial charge in [-0.2, -0.15) is 0 Å². The molecule has 0 spiro atoms. The average molecular weight is 248 g/mol. The molecule has 0 saturated heterocycles. The van der Waals surface area contributed by atoms with Crippen molar-refractivity contribution in [1.29, 1.82) is 0 Å². The van der Waals surface area contributed by atoms with Crippen LogP contribution in [-0.4, -0.2) is 22.0 Å². The van der Waals surface area contributed by atoms with Crippen molar-refractivity contribution >= 4 is 11.3 Å². The first kappa shape index (κ1) is 12.1. The normalized spacial score (nSPS) is 10.8. The summed E-state index contributed by atoms with van der Waals surface area (Å²) in [5, 5.41) is 6.23. The van der Waals surface area contributed by atoms with Crippen LogP contribution in [0.4, 0.5) is 0 Å². The lowest BCUT2D eigenvalue weighted by Crippen LogP contribution is -2.09. The predicted molar refractivity (Wildman–Crippen MR) is 69.2 cm³/mol. The van der Waals surface area contributed by atoms with Crippen molar-refractivity contribution in [2.24, 2.45) is 0 Å². The predicted octanol–water partition coefficient (Wildman–Crippen LogP) is 1.86. The molecule has 2 heterocycles. The third-order valence-corrected chi connectivity index (χ3v) is 3.44. The van der Waals surface area contributed by atoms with Crippen molar-refractivity contribution in [2.45, 2.75) is 26.8 Å². The van der Waals surface area contributed by atoms with Crippen molar-refractivity contribution in [3.05, 3.63) is 39.4 Å². The molecule has 0 fully saturated rings.